The molecule has 8 heteroatoms. The lowest BCUT2D eigenvalue weighted by Gasteiger charge is -2.22. The molecule has 0 atom stereocenters. The lowest BCUT2D eigenvalue weighted by atomic mass is 9.91. The Hall–Kier alpha value is -1.58. The van der Waals surface area contributed by atoms with Crippen LogP contribution in [0.1, 0.15) is 27.8 Å². The van der Waals surface area contributed by atoms with E-state index in [1.807, 2.05) is 13.8 Å². The first-order chi connectivity index (χ1) is 12.1. The van der Waals surface area contributed by atoms with Gasteiger partial charge in [-0.2, -0.15) is 5.11 Å². The van der Waals surface area contributed by atoms with Gasteiger partial charge >= 0.3 is 0 Å². The normalized spacial score (nSPS) is 10.9. The van der Waals surface area contributed by atoms with Crippen molar-refractivity contribution in [3.63, 3.8) is 0 Å². The number of hydrogen-bond donors (Lipinski definition) is 4. The SMILES string of the molecule is Cc1c(CN)c(C)c(CN)c(OCCOCCOCCN=N)c1CN. The fraction of sp³-hybridized carbons (Fsp3) is 0.647. The molecule has 0 aliphatic carbocycles. The van der Waals surface area contributed by atoms with Crippen molar-refractivity contribution in [1.82, 2.24) is 0 Å². The summed E-state index contributed by atoms with van der Waals surface area (Å²) in [7, 11) is 0. The highest BCUT2D eigenvalue weighted by Gasteiger charge is 2.18. The summed E-state index contributed by atoms with van der Waals surface area (Å²) < 4.78 is 16.7. The van der Waals surface area contributed by atoms with Crippen LogP contribution in [0.2, 0.25) is 0 Å². The Kier molecular flexibility index (Phi) is 10.2. The van der Waals surface area contributed by atoms with E-state index in [2.05, 4.69) is 5.11 Å². The molecule has 25 heavy (non-hydrogen) atoms. The van der Waals surface area contributed by atoms with Crippen molar-refractivity contribution in [1.29, 1.82) is 5.53 Å². The minimum atomic E-state index is 0.372. The van der Waals surface area contributed by atoms with Gasteiger partial charge in [0.25, 0.3) is 0 Å². The summed E-state index contributed by atoms with van der Waals surface area (Å²) in [4.78, 5) is 0. The maximum absolute atomic E-state index is 6.65. The molecule has 0 amide bonds. The van der Waals surface area contributed by atoms with Crippen LogP contribution in [0.25, 0.3) is 0 Å². The van der Waals surface area contributed by atoms with Gasteiger partial charge in [0.2, 0.25) is 0 Å². The van der Waals surface area contributed by atoms with E-state index < -0.39 is 0 Å². The number of ether oxygens (including phenoxy) is 3. The van der Waals surface area contributed by atoms with E-state index in [1.165, 1.54) is 0 Å². The van der Waals surface area contributed by atoms with E-state index in [1.54, 1.807) is 0 Å². The Morgan fingerprint density at radius 3 is 1.72 bits per heavy atom. The van der Waals surface area contributed by atoms with Crippen molar-refractivity contribution in [2.24, 2.45) is 22.3 Å². The third-order valence-electron chi connectivity index (χ3n) is 4.16. The Morgan fingerprint density at radius 1 is 0.760 bits per heavy atom. The quantitative estimate of drug-likeness (QED) is 0.309. The molecule has 0 aliphatic heterocycles. The Bertz CT molecular complexity index is 521. The molecule has 0 unspecified atom stereocenters. The van der Waals surface area contributed by atoms with E-state index in [0.29, 0.717) is 59.2 Å². The Balaban J connectivity index is 2.61. The molecule has 7 N–H and O–H groups in total. The maximum Gasteiger partial charge on any atom is 0.128 e. The third-order valence-corrected chi connectivity index (χ3v) is 4.16. The van der Waals surface area contributed by atoms with Crippen molar-refractivity contribution in [3.8, 4) is 5.75 Å². The fourth-order valence-corrected chi connectivity index (χ4v) is 2.78. The second-order valence-electron chi connectivity index (χ2n) is 5.58. The topological polar surface area (TPSA) is 142 Å². The van der Waals surface area contributed by atoms with Crippen LogP contribution in [-0.2, 0) is 29.1 Å². The second-order valence-corrected chi connectivity index (χ2v) is 5.58. The van der Waals surface area contributed by atoms with Crippen LogP contribution in [0.4, 0.5) is 0 Å². The average molecular weight is 353 g/mol. The van der Waals surface area contributed by atoms with E-state index >= 15 is 0 Å². The molecule has 1 aromatic carbocycles. The monoisotopic (exact) mass is 353 g/mol. The van der Waals surface area contributed by atoms with Gasteiger partial charge in [-0.25, -0.2) is 5.53 Å². The van der Waals surface area contributed by atoms with E-state index in [4.69, 9.17) is 36.9 Å². The maximum atomic E-state index is 6.65. The molecular weight excluding hydrogens is 322 g/mol. The van der Waals surface area contributed by atoms with Crippen molar-refractivity contribution in [3.05, 3.63) is 27.8 Å². The highest BCUT2D eigenvalue weighted by atomic mass is 16.5. The molecule has 0 saturated heterocycles. The molecule has 0 spiro atoms. The molecular formula is C17H31N5O3. The van der Waals surface area contributed by atoms with Gasteiger partial charge in [0.15, 0.2) is 0 Å². The van der Waals surface area contributed by atoms with Crippen LogP contribution in [0.5, 0.6) is 5.75 Å². The zero-order chi connectivity index (χ0) is 18.7. The zero-order valence-corrected chi connectivity index (χ0v) is 15.3. The average Bonchev–Trinajstić information content (AvgIpc) is 2.61. The molecule has 0 radical (unpaired) electrons. The minimum absolute atomic E-state index is 0.372. The van der Waals surface area contributed by atoms with Crippen molar-refractivity contribution in [2.75, 3.05) is 39.6 Å². The first-order valence-electron chi connectivity index (χ1n) is 8.47. The number of nitrogens with two attached hydrogens (primary N) is 3. The molecule has 8 nitrogen and oxygen atoms in total. The molecule has 0 heterocycles. The molecule has 0 aliphatic rings. The highest BCUT2D eigenvalue weighted by molar-refractivity contribution is 5.55. The van der Waals surface area contributed by atoms with Crippen molar-refractivity contribution < 1.29 is 14.2 Å². The van der Waals surface area contributed by atoms with Gasteiger partial charge in [0, 0.05) is 30.8 Å². The van der Waals surface area contributed by atoms with Gasteiger partial charge in [-0.3, -0.25) is 0 Å². The smallest absolute Gasteiger partial charge is 0.128 e. The van der Waals surface area contributed by atoms with Gasteiger partial charge in [0.1, 0.15) is 12.4 Å². The summed E-state index contributed by atoms with van der Waals surface area (Å²) in [5.74, 6) is 0.758. The van der Waals surface area contributed by atoms with Crippen LogP contribution >= 0.6 is 0 Å². The number of nitrogens with one attached hydrogen (secondary N) is 1. The minimum Gasteiger partial charge on any atom is -0.490 e. The lowest BCUT2D eigenvalue weighted by molar-refractivity contribution is 0.0383. The molecule has 0 fully saturated rings. The van der Waals surface area contributed by atoms with Crippen LogP contribution < -0.4 is 21.9 Å². The lowest BCUT2D eigenvalue weighted by Crippen LogP contribution is -2.18. The number of rotatable bonds is 13. The standard InChI is InChI=1S/C17H31N5O3/c1-12-14(9-18)13(2)16(11-20)17(15(12)10-19)25-8-7-24-6-5-23-4-3-22-21/h21H,3-11,18-20H2,1-2H3. The number of hydrogen-bond acceptors (Lipinski definition) is 8. The van der Waals surface area contributed by atoms with E-state index in [0.717, 1.165) is 33.6 Å². The Labute approximate surface area is 149 Å². The summed E-state index contributed by atoms with van der Waals surface area (Å²) in [6.07, 6.45) is 0. The van der Waals surface area contributed by atoms with Gasteiger partial charge < -0.3 is 31.4 Å². The summed E-state index contributed by atoms with van der Waals surface area (Å²) in [6, 6.07) is 0. The summed E-state index contributed by atoms with van der Waals surface area (Å²) in [5.41, 5.74) is 29.5. The van der Waals surface area contributed by atoms with Gasteiger partial charge in [-0.05, 0) is 30.5 Å². The predicted molar refractivity (Wildman–Crippen MR) is 96.7 cm³/mol. The van der Waals surface area contributed by atoms with Crippen LogP contribution in [0.3, 0.4) is 0 Å². The van der Waals surface area contributed by atoms with Gasteiger partial charge in [-0.1, -0.05) is 0 Å². The zero-order valence-electron chi connectivity index (χ0n) is 15.3. The van der Waals surface area contributed by atoms with Crippen molar-refractivity contribution >= 4 is 0 Å². The van der Waals surface area contributed by atoms with Crippen LogP contribution in [-0.4, -0.2) is 39.6 Å². The summed E-state index contributed by atoms with van der Waals surface area (Å²) in [5, 5.41) is 3.21. The van der Waals surface area contributed by atoms with Crippen LogP contribution in [0, 0.1) is 19.4 Å². The molecule has 0 aromatic heterocycles. The second kappa shape index (κ2) is 11.9. The first kappa shape index (κ1) is 21.5. The van der Waals surface area contributed by atoms with Gasteiger partial charge in [-0.15, -0.1) is 0 Å². The molecule has 1 aromatic rings. The molecule has 0 bridgehead atoms. The molecule has 142 valence electrons. The largest absolute Gasteiger partial charge is 0.490 e. The molecule has 1 rings (SSSR count). The third kappa shape index (κ3) is 6.02. The van der Waals surface area contributed by atoms with E-state index in [-0.39, 0.29) is 0 Å². The highest BCUT2D eigenvalue weighted by Crippen LogP contribution is 2.33. The number of benzene rings is 1. The summed E-state index contributed by atoms with van der Waals surface area (Å²) >= 11 is 0. The fourth-order valence-electron chi connectivity index (χ4n) is 2.78. The van der Waals surface area contributed by atoms with E-state index in [9.17, 15) is 0 Å². The predicted octanol–water partition coefficient (Wildman–Crippen LogP) is 1.12. The molecule has 0 saturated carbocycles. The number of nitrogens with zero attached hydrogens (tertiary/aromatic N) is 1. The van der Waals surface area contributed by atoms with Gasteiger partial charge in [0.05, 0.1) is 33.0 Å². The summed E-state index contributed by atoms with van der Waals surface area (Å²) in [6.45, 7) is 7.84. The van der Waals surface area contributed by atoms with Crippen LogP contribution in [0.15, 0.2) is 5.11 Å². The Morgan fingerprint density at radius 2 is 1.24 bits per heavy atom. The first-order valence-corrected chi connectivity index (χ1v) is 8.47. The van der Waals surface area contributed by atoms with Crippen molar-refractivity contribution in [2.45, 2.75) is 33.5 Å².